The molecular weight excluding hydrogens is 348 g/mol. The molecule has 3 rings (SSSR count). The molecule has 1 aliphatic rings. The number of hydrogen-bond donors (Lipinski definition) is 3. The van der Waals surface area contributed by atoms with Crippen molar-refractivity contribution in [1.82, 2.24) is 15.5 Å². The van der Waals surface area contributed by atoms with Crippen molar-refractivity contribution in [1.29, 1.82) is 0 Å². The van der Waals surface area contributed by atoms with Gasteiger partial charge in [0.2, 0.25) is 0 Å². The van der Waals surface area contributed by atoms with Gasteiger partial charge in [-0.3, -0.25) is 14.7 Å². The Morgan fingerprint density at radius 3 is 2.56 bits per heavy atom. The van der Waals surface area contributed by atoms with Gasteiger partial charge in [-0.1, -0.05) is 12.1 Å². The van der Waals surface area contributed by atoms with Crippen molar-refractivity contribution in [3.05, 3.63) is 41.7 Å². The molecule has 1 aromatic heterocycles. The van der Waals surface area contributed by atoms with Gasteiger partial charge in [0.1, 0.15) is 11.4 Å². The average molecular weight is 372 g/mol. The van der Waals surface area contributed by atoms with E-state index in [2.05, 4.69) is 20.8 Å². The summed E-state index contributed by atoms with van der Waals surface area (Å²) in [7, 11) is 3.21. The van der Waals surface area contributed by atoms with Crippen molar-refractivity contribution in [3.63, 3.8) is 0 Å². The Labute approximate surface area is 157 Å². The Hall–Kier alpha value is -2.87. The fraction of sp³-hybridized carbons (Fsp3) is 0.421. The lowest BCUT2D eigenvalue weighted by molar-refractivity contribution is 0.0598. The predicted octanol–water partition coefficient (Wildman–Crippen LogP) is 2.36. The van der Waals surface area contributed by atoms with E-state index in [1.165, 1.54) is 13.3 Å². The molecule has 2 aromatic rings. The number of methoxy groups -OCH3 is 2. The summed E-state index contributed by atoms with van der Waals surface area (Å²) in [5, 5.41) is 12.3. The standard InChI is InChI=1S/C19H24N4O4/c1-26-13-9-7-12(8-10-13)21-19(25)17-15(11-20-23-17)22-18(24)14-5-3-4-6-16(14)27-2/h3-6,11-13H,7-10H2,1-2H3,(H,20,23)(H,21,25)(H,22,24). The highest BCUT2D eigenvalue weighted by Crippen LogP contribution is 2.23. The predicted molar refractivity (Wildman–Crippen MR) is 100 cm³/mol. The summed E-state index contributed by atoms with van der Waals surface area (Å²) in [5.74, 6) is -0.202. The molecule has 0 radical (unpaired) electrons. The number of hydrogen-bond acceptors (Lipinski definition) is 5. The van der Waals surface area contributed by atoms with Crippen molar-refractivity contribution in [2.24, 2.45) is 0 Å². The number of para-hydroxylation sites is 1. The smallest absolute Gasteiger partial charge is 0.271 e. The summed E-state index contributed by atoms with van der Waals surface area (Å²) in [5.41, 5.74) is 0.937. The van der Waals surface area contributed by atoms with Crippen LogP contribution in [0.4, 0.5) is 5.69 Å². The second kappa shape index (κ2) is 8.68. The van der Waals surface area contributed by atoms with E-state index < -0.39 is 0 Å². The Morgan fingerprint density at radius 2 is 1.85 bits per heavy atom. The number of H-pyrrole nitrogens is 1. The minimum Gasteiger partial charge on any atom is -0.496 e. The maximum absolute atomic E-state index is 12.6. The largest absolute Gasteiger partial charge is 0.496 e. The van der Waals surface area contributed by atoms with Crippen molar-refractivity contribution in [2.75, 3.05) is 19.5 Å². The lowest BCUT2D eigenvalue weighted by Gasteiger charge is -2.28. The van der Waals surface area contributed by atoms with Gasteiger partial charge < -0.3 is 20.1 Å². The van der Waals surface area contributed by atoms with Gasteiger partial charge in [-0.05, 0) is 37.8 Å². The van der Waals surface area contributed by atoms with Gasteiger partial charge in [0.15, 0.2) is 0 Å². The normalized spacial score (nSPS) is 19.3. The second-order valence-corrected chi connectivity index (χ2v) is 6.50. The van der Waals surface area contributed by atoms with Gasteiger partial charge in [-0.25, -0.2) is 0 Å². The van der Waals surface area contributed by atoms with Crippen molar-refractivity contribution in [2.45, 2.75) is 37.8 Å². The molecule has 0 bridgehead atoms. The number of nitrogens with zero attached hydrogens (tertiary/aromatic N) is 1. The van der Waals surface area contributed by atoms with Gasteiger partial charge in [0, 0.05) is 13.2 Å². The molecule has 1 aromatic carbocycles. The summed E-state index contributed by atoms with van der Waals surface area (Å²) in [6.45, 7) is 0. The van der Waals surface area contributed by atoms with E-state index in [0.29, 0.717) is 17.0 Å². The van der Waals surface area contributed by atoms with Crippen LogP contribution in [-0.4, -0.2) is 48.4 Å². The molecular formula is C19H24N4O4. The van der Waals surface area contributed by atoms with Gasteiger partial charge in [-0.15, -0.1) is 0 Å². The van der Waals surface area contributed by atoms with E-state index in [1.54, 1.807) is 31.4 Å². The quantitative estimate of drug-likeness (QED) is 0.722. The van der Waals surface area contributed by atoms with Crippen LogP contribution < -0.4 is 15.4 Å². The maximum atomic E-state index is 12.6. The fourth-order valence-corrected chi connectivity index (χ4v) is 3.28. The zero-order chi connectivity index (χ0) is 19.2. The molecule has 27 heavy (non-hydrogen) atoms. The van der Waals surface area contributed by atoms with E-state index in [4.69, 9.17) is 9.47 Å². The number of aromatic nitrogens is 2. The van der Waals surface area contributed by atoms with E-state index in [1.807, 2.05) is 0 Å². The van der Waals surface area contributed by atoms with Crippen LogP contribution in [0.5, 0.6) is 5.75 Å². The zero-order valence-electron chi connectivity index (χ0n) is 15.5. The van der Waals surface area contributed by atoms with Crippen LogP contribution in [0.15, 0.2) is 30.5 Å². The highest BCUT2D eigenvalue weighted by atomic mass is 16.5. The van der Waals surface area contributed by atoms with E-state index in [-0.39, 0.29) is 29.7 Å². The van der Waals surface area contributed by atoms with Gasteiger partial charge in [0.25, 0.3) is 11.8 Å². The van der Waals surface area contributed by atoms with Crippen molar-refractivity contribution in [3.8, 4) is 5.75 Å². The molecule has 0 aliphatic heterocycles. The topological polar surface area (TPSA) is 105 Å². The summed E-state index contributed by atoms with van der Waals surface area (Å²) in [6.07, 6.45) is 5.25. The molecule has 0 spiro atoms. The third-order valence-corrected chi connectivity index (χ3v) is 4.81. The highest BCUT2D eigenvalue weighted by Gasteiger charge is 2.24. The SMILES string of the molecule is COc1ccccc1C(=O)Nc1cn[nH]c1C(=O)NC1CCC(OC)CC1. The number of ether oxygens (including phenoxy) is 2. The summed E-state index contributed by atoms with van der Waals surface area (Å²) in [4.78, 5) is 25.1. The number of benzene rings is 1. The third-order valence-electron chi connectivity index (χ3n) is 4.81. The minimum absolute atomic E-state index is 0.0879. The molecule has 0 unspecified atom stereocenters. The summed E-state index contributed by atoms with van der Waals surface area (Å²) >= 11 is 0. The Balaban J connectivity index is 1.65. The number of rotatable bonds is 6. The maximum Gasteiger partial charge on any atom is 0.271 e. The average Bonchev–Trinajstić information content (AvgIpc) is 3.16. The lowest BCUT2D eigenvalue weighted by Crippen LogP contribution is -2.39. The fourth-order valence-electron chi connectivity index (χ4n) is 3.28. The molecule has 1 saturated carbocycles. The van der Waals surface area contributed by atoms with Crippen LogP contribution >= 0.6 is 0 Å². The zero-order valence-corrected chi connectivity index (χ0v) is 15.5. The first-order chi connectivity index (χ1) is 13.1. The van der Waals surface area contributed by atoms with Crippen LogP contribution in [0.25, 0.3) is 0 Å². The van der Waals surface area contributed by atoms with Crippen LogP contribution in [-0.2, 0) is 4.74 Å². The van der Waals surface area contributed by atoms with Crippen LogP contribution in [0, 0.1) is 0 Å². The van der Waals surface area contributed by atoms with E-state index in [9.17, 15) is 9.59 Å². The van der Waals surface area contributed by atoms with Gasteiger partial charge in [-0.2, -0.15) is 5.10 Å². The monoisotopic (exact) mass is 372 g/mol. The molecule has 0 saturated heterocycles. The first-order valence-corrected chi connectivity index (χ1v) is 8.93. The molecule has 1 aliphatic carbocycles. The third kappa shape index (κ3) is 4.46. The number of carbonyl (C=O) groups is 2. The van der Waals surface area contributed by atoms with Crippen molar-refractivity contribution >= 4 is 17.5 Å². The van der Waals surface area contributed by atoms with Crippen LogP contribution in [0.1, 0.15) is 46.5 Å². The molecule has 0 atom stereocenters. The van der Waals surface area contributed by atoms with E-state index >= 15 is 0 Å². The molecule has 2 amide bonds. The minimum atomic E-state index is -0.372. The molecule has 8 nitrogen and oxygen atoms in total. The summed E-state index contributed by atoms with van der Waals surface area (Å²) in [6, 6.07) is 6.97. The second-order valence-electron chi connectivity index (χ2n) is 6.50. The Bertz CT molecular complexity index is 797. The van der Waals surface area contributed by atoms with Gasteiger partial charge in [0.05, 0.1) is 30.7 Å². The highest BCUT2D eigenvalue weighted by molar-refractivity contribution is 6.09. The van der Waals surface area contributed by atoms with Crippen LogP contribution in [0.2, 0.25) is 0 Å². The molecule has 8 heteroatoms. The van der Waals surface area contributed by atoms with E-state index in [0.717, 1.165) is 25.7 Å². The number of carbonyl (C=O) groups excluding carboxylic acids is 2. The first-order valence-electron chi connectivity index (χ1n) is 8.93. The van der Waals surface area contributed by atoms with Crippen LogP contribution in [0.3, 0.4) is 0 Å². The Morgan fingerprint density at radius 1 is 1.11 bits per heavy atom. The first kappa shape index (κ1) is 18.9. The molecule has 144 valence electrons. The number of nitrogens with one attached hydrogen (secondary N) is 3. The number of anilines is 1. The van der Waals surface area contributed by atoms with Crippen molar-refractivity contribution < 1.29 is 19.1 Å². The van der Waals surface area contributed by atoms with Gasteiger partial charge >= 0.3 is 0 Å². The number of aromatic amines is 1. The Kier molecular flexibility index (Phi) is 6.08. The number of amides is 2. The summed E-state index contributed by atoms with van der Waals surface area (Å²) < 4.78 is 10.6. The molecule has 3 N–H and O–H groups in total. The molecule has 1 fully saturated rings. The lowest BCUT2D eigenvalue weighted by atomic mass is 9.93. The molecule has 1 heterocycles.